The summed E-state index contributed by atoms with van der Waals surface area (Å²) in [5.41, 5.74) is 4.78. The molecule has 0 saturated carbocycles. The molecule has 0 bridgehead atoms. The van der Waals surface area contributed by atoms with E-state index in [9.17, 15) is 0 Å². The van der Waals surface area contributed by atoms with Crippen molar-refractivity contribution in [2.24, 2.45) is 0 Å². The van der Waals surface area contributed by atoms with Gasteiger partial charge in [-0.15, -0.1) is 0 Å². The normalized spacial score (nSPS) is 13.4. The van der Waals surface area contributed by atoms with Crippen LogP contribution in [0.3, 0.4) is 0 Å². The number of para-hydroxylation sites is 1. The van der Waals surface area contributed by atoms with Gasteiger partial charge in [-0.3, -0.25) is 0 Å². The van der Waals surface area contributed by atoms with Crippen molar-refractivity contribution in [1.82, 2.24) is 9.97 Å². The molecule has 0 fully saturated rings. The minimum absolute atomic E-state index is 0.613. The van der Waals surface area contributed by atoms with Gasteiger partial charge >= 0.3 is 0 Å². The fourth-order valence-corrected chi connectivity index (χ4v) is 3.43. The van der Waals surface area contributed by atoms with Gasteiger partial charge in [0.25, 0.3) is 0 Å². The van der Waals surface area contributed by atoms with Crippen molar-refractivity contribution in [2.75, 3.05) is 16.8 Å². The van der Waals surface area contributed by atoms with E-state index in [1.807, 2.05) is 24.4 Å². The summed E-state index contributed by atoms with van der Waals surface area (Å²) < 4.78 is 1.10. The zero-order valence-electron chi connectivity index (χ0n) is 14.0. The Hall–Kier alpha value is -2.40. The number of hydrogen-bond donors (Lipinski definition) is 1. The lowest BCUT2D eigenvalue weighted by Crippen LogP contribution is -2.25. The number of aromatic nitrogens is 2. The first-order valence-corrected chi connectivity index (χ1v) is 9.22. The molecule has 0 unspecified atom stereocenters. The third kappa shape index (κ3) is 3.37. The number of benzene rings is 2. The van der Waals surface area contributed by atoms with Gasteiger partial charge in [-0.05, 0) is 61.2 Å². The topological polar surface area (TPSA) is 41.1 Å². The van der Waals surface area contributed by atoms with Gasteiger partial charge in [0.05, 0.1) is 0 Å². The first-order chi connectivity index (χ1) is 12.2. The van der Waals surface area contributed by atoms with Gasteiger partial charge in [-0.2, -0.15) is 4.98 Å². The maximum Gasteiger partial charge on any atom is 0.229 e. The molecular weight excluding hydrogens is 376 g/mol. The molecule has 0 amide bonds. The lowest BCUT2D eigenvalue weighted by atomic mass is 10.0. The van der Waals surface area contributed by atoms with Crippen LogP contribution in [0.25, 0.3) is 0 Å². The third-order valence-electron chi connectivity index (χ3n) is 4.44. The number of nitrogens with one attached hydrogen (secondary N) is 1. The van der Waals surface area contributed by atoms with Gasteiger partial charge in [0, 0.05) is 28.6 Å². The van der Waals surface area contributed by atoms with E-state index in [0.29, 0.717) is 5.95 Å². The fourth-order valence-electron chi connectivity index (χ4n) is 3.18. The Labute approximate surface area is 156 Å². The minimum atomic E-state index is 0.613. The lowest BCUT2D eigenvalue weighted by molar-refractivity contribution is 0.759. The molecule has 5 heteroatoms. The molecule has 0 spiro atoms. The van der Waals surface area contributed by atoms with Crippen LogP contribution in [0.2, 0.25) is 0 Å². The van der Waals surface area contributed by atoms with E-state index >= 15 is 0 Å². The standard InChI is InChI=1S/C20H19BrN4/c1-14-13-16(8-9-17(14)21)23-20-22-11-10-19(24-20)25-12-4-6-15-5-2-3-7-18(15)25/h2-3,5,7-11,13H,4,6,12H2,1H3,(H,22,23,24). The van der Waals surface area contributed by atoms with E-state index in [2.05, 4.69) is 68.4 Å². The van der Waals surface area contributed by atoms with E-state index in [0.717, 1.165) is 35.4 Å². The van der Waals surface area contributed by atoms with Crippen LogP contribution in [-0.2, 0) is 6.42 Å². The van der Waals surface area contributed by atoms with Crippen molar-refractivity contribution in [1.29, 1.82) is 0 Å². The smallest absolute Gasteiger partial charge is 0.229 e. The van der Waals surface area contributed by atoms with Crippen LogP contribution in [0, 0.1) is 6.92 Å². The van der Waals surface area contributed by atoms with Gasteiger partial charge in [0.2, 0.25) is 5.95 Å². The molecule has 4 nitrogen and oxygen atoms in total. The first kappa shape index (κ1) is 16.1. The van der Waals surface area contributed by atoms with Gasteiger partial charge in [0.15, 0.2) is 0 Å². The predicted molar refractivity (Wildman–Crippen MR) is 106 cm³/mol. The van der Waals surface area contributed by atoms with Crippen molar-refractivity contribution in [3.63, 3.8) is 0 Å². The molecule has 2 aromatic carbocycles. The molecule has 1 aliphatic rings. The van der Waals surface area contributed by atoms with Gasteiger partial charge in [-0.25, -0.2) is 4.98 Å². The van der Waals surface area contributed by atoms with Crippen molar-refractivity contribution in [3.8, 4) is 0 Å². The Kier molecular flexibility index (Phi) is 4.40. The van der Waals surface area contributed by atoms with E-state index in [1.54, 1.807) is 0 Å². The number of hydrogen-bond acceptors (Lipinski definition) is 4. The molecule has 0 aliphatic carbocycles. The zero-order valence-corrected chi connectivity index (χ0v) is 15.6. The largest absolute Gasteiger partial charge is 0.326 e. The average Bonchev–Trinajstić information content (AvgIpc) is 2.64. The number of nitrogens with zero attached hydrogens (tertiary/aromatic N) is 3. The molecule has 2 heterocycles. The second-order valence-corrected chi connectivity index (χ2v) is 7.07. The summed E-state index contributed by atoms with van der Waals surface area (Å²) in [6.45, 7) is 3.04. The van der Waals surface area contributed by atoms with Crippen molar-refractivity contribution in [2.45, 2.75) is 19.8 Å². The maximum absolute atomic E-state index is 4.73. The molecule has 4 rings (SSSR count). The molecule has 1 N–H and O–H groups in total. The van der Waals surface area contributed by atoms with Crippen molar-refractivity contribution < 1.29 is 0 Å². The molecule has 1 aliphatic heterocycles. The minimum Gasteiger partial charge on any atom is -0.326 e. The van der Waals surface area contributed by atoms with E-state index < -0.39 is 0 Å². The van der Waals surface area contributed by atoms with E-state index in [1.165, 1.54) is 16.8 Å². The number of fused-ring (bicyclic) bond motifs is 1. The van der Waals surface area contributed by atoms with Gasteiger partial charge in [0.1, 0.15) is 5.82 Å². The summed E-state index contributed by atoms with van der Waals surface area (Å²) in [5.74, 6) is 1.54. The summed E-state index contributed by atoms with van der Waals surface area (Å²) >= 11 is 3.53. The van der Waals surface area contributed by atoms with Crippen LogP contribution >= 0.6 is 15.9 Å². The number of anilines is 4. The zero-order chi connectivity index (χ0) is 17.2. The SMILES string of the molecule is Cc1cc(Nc2nccc(N3CCCc4ccccc43)n2)ccc1Br. The maximum atomic E-state index is 4.73. The molecule has 3 aromatic rings. The van der Waals surface area contributed by atoms with E-state index in [-0.39, 0.29) is 0 Å². The molecule has 0 radical (unpaired) electrons. The first-order valence-electron chi connectivity index (χ1n) is 8.42. The Morgan fingerprint density at radius 3 is 2.88 bits per heavy atom. The molecule has 1 aromatic heterocycles. The number of halogens is 1. The lowest BCUT2D eigenvalue weighted by Gasteiger charge is -2.30. The van der Waals surface area contributed by atoms with Gasteiger partial charge < -0.3 is 10.2 Å². The third-order valence-corrected chi connectivity index (χ3v) is 5.33. The highest BCUT2D eigenvalue weighted by Crippen LogP contribution is 2.32. The van der Waals surface area contributed by atoms with Crippen LogP contribution in [0.1, 0.15) is 17.5 Å². The fraction of sp³-hybridized carbons (Fsp3) is 0.200. The Bertz CT molecular complexity index is 910. The summed E-state index contributed by atoms with van der Waals surface area (Å²) in [6, 6.07) is 16.7. The summed E-state index contributed by atoms with van der Waals surface area (Å²) in [7, 11) is 0. The predicted octanol–water partition coefficient (Wildman–Crippen LogP) is 5.38. The molecule has 25 heavy (non-hydrogen) atoms. The number of aryl methyl sites for hydroxylation is 2. The Balaban J connectivity index is 1.63. The Morgan fingerprint density at radius 1 is 1.12 bits per heavy atom. The van der Waals surface area contributed by atoms with E-state index in [4.69, 9.17) is 4.98 Å². The van der Waals surface area contributed by atoms with Crippen LogP contribution in [0.15, 0.2) is 59.2 Å². The van der Waals surface area contributed by atoms with Crippen molar-refractivity contribution in [3.05, 3.63) is 70.3 Å². The summed E-state index contributed by atoms with van der Waals surface area (Å²) in [5, 5.41) is 3.31. The van der Waals surface area contributed by atoms with Gasteiger partial charge in [-0.1, -0.05) is 34.1 Å². The highest BCUT2D eigenvalue weighted by molar-refractivity contribution is 9.10. The molecule has 0 atom stereocenters. The molecule has 0 saturated heterocycles. The molecule has 126 valence electrons. The second kappa shape index (κ2) is 6.84. The van der Waals surface area contributed by atoms with Crippen LogP contribution in [-0.4, -0.2) is 16.5 Å². The average molecular weight is 395 g/mol. The quantitative estimate of drug-likeness (QED) is 0.647. The Morgan fingerprint density at radius 2 is 2.00 bits per heavy atom. The highest BCUT2D eigenvalue weighted by Gasteiger charge is 2.19. The molecular formula is C20H19BrN4. The van der Waals surface area contributed by atoms with Crippen LogP contribution < -0.4 is 10.2 Å². The van der Waals surface area contributed by atoms with Crippen molar-refractivity contribution >= 4 is 39.1 Å². The van der Waals surface area contributed by atoms with Crippen LogP contribution in [0.4, 0.5) is 23.1 Å². The monoisotopic (exact) mass is 394 g/mol. The highest BCUT2D eigenvalue weighted by atomic mass is 79.9. The summed E-state index contributed by atoms with van der Waals surface area (Å²) in [6.07, 6.45) is 4.07. The second-order valence-electron chi connectivity index (χ2n) is 6.21. The number of rotatable bonds is 3. The van der Waals surface area contributed by atoms with Crippen LogP contribution in [0.5, 0.6) is 0 Å². The summed E-state index contributed by atoms with van der Waals surface area (Å²) in [4.78, 5) is 11.4.